The van der Waals surface area contributed by atoms with E-state index >= 15 is 0 Å². The average Bonchev–Trinajstić information content (AvgIpc) is 3.31. The molecule has 2 amide bonds. The topological polar surface area (TPSA) is 92.2 Å². The predicted molar refractivity (Wildman–Crippen MR) is 113 cm³/mol. The van der Waals surface area contributed by atoms with Gasteiger partial charge in [-0.3, -0.25) is 14.5 Å². The third-order valence-electron chi connectivity index (χ3n) is 5.16. The van der Waals surface area contributed by atoms with Crippen LogP contribution in [-0.2, 0) is 4.79 Å². The van der Waals surface area contributed by atoms with E-state index in [-0.39, 0.29) is 17.9 Å². The van der Waals surface area contributed by atoms with Gasteiger partial charge in [0.15, 0.2) is 0 Å². The Morgan fingerprint density at radius 1 is 1.00 bits per heavy atom. The highest BCUT2D eigenvalue weighted by Crippen LogP contribution is 2.13. The van der Waals surface area contributed by atoms with Gasteiger partial charge in [-0.15, -0.1) is 0 Å². The molecule has 3 aromatic rings. The molecule has 0 atom stereocenters. The molecule has 2 N–H and O–H groups in total. The third kappa shape index (κ3) is 5.09. The van der Waals surface area contributed by atoms with E-state index in [1.54, 1.807) is 23.1 Å². The molecule has 30 heavy (non-hydrogen) atoms. The summed E-state index contributed by atoms with van der Waals surface area (Å²) >= 11 is 0. The monoisotopic (exact) mass is 404 g/mol. The van der Waals surface area contributed by atoms with E-state index in [4.69, 9.17) is 0 Å². The zero-order valence-electron chi connectivity index (χ0n) is 16.6. The van der Waals surface area contributed by atoms with Crippen LogP contribution in [0.15, 0.2) is 67.3 Å². The van der Waals surface area contributed by atoms with E-state index in [1.165, 1.54) is 6.33 Å². The lowest BCUT2D eigenvalue weighted by Gasteiger charge is -2.31. The lowest BCUT2D eigenvalue weighted by molar-refractivity contribution is -0.117. The van der Waals surface area contributed by atoms with Crippen LogP contribution in [0.3, 0.4) is 0 Å². The summed E-state index contributed by atoms with van der Waals surface area (Å²) in [6.45, 7) is 1.91. The largest absolute Gasteiger partial charge is 0.349 e. The van der Waals surface area contributed by atoms with Crippen LogP contribution in [-0.4, -0.2) is 57.2 Å². The second-order valence-electron chi connectivity index (χ2n) is 7.33. The van der Waals surface area contributed by atoms with Gasteiger partial charge in [-0.2, -0.15) is 5.10 Å². The van der Waals surface area contributed by atoms with Crippen LogP contribution >= 0.6 is 0 Å². The van der Waals surface area contributed by atoms with Crippen LogP contribution in [0.25, 0.3) is 5.69 Å². The molecular weight excluding hydrogens is 380 g/mol. The van der Waals surface area contributed by atoms with E-state index in [0.29, 0.717) is 12.1 Å². The van der Waals surface area contributed by atoms with Crippen molar-refractivity contribution in [1.82, 2.24) is 25.0 Å². The molecule has 0 bridgehead atoms. The molecule has 1 fully saturated rings. The number of anilines is 1. The summed E-state index contributed by atoms with van der Waals surface area (Å²) in [7, 11) is 0. The van der Waals surface area contributed by atoms with E-state index in [0.717, 1.165) is 37.3 Å². The summed E-state index contributed by atoms with van der Waals surface area (Å²) in [6, 6.07) is 16.8. The molecule has 0 aliphatic carbocycles. The number of benzene rings is 2. The van der Waals surface area contributed by atoms with E-state index in [2.05, 4.69) is 25.6 Å². The zero-order valence-corrected chi connectivity index (χ0v) is 16.6. The van der Waals surface area contributed by atoms with Crippen LogP contribution in [0, 0.1) is 0 Å². The van der Waals surface area contributed by atoms with Gasteiger partial charge in [-0.05, 0) is 49.2 Å². The number of hydrogen-bond acceptors (Lipinski definition) is 5. The fourth-order valence-electron chi connectivity index (χ4n) is 3.54. The van der Waals surface area contributed by atoms with Gasteiger partial charge in [0, 0.05) is 30.4 Å². The van der Waals surface area contributed by atoms with Gasteiger partial charge in [0.2, 0.25) is 5.91 Å². The third-order valence-corrected chi connectivity index (χ3v) is 5.16. The van der Waals surface area contributed by atoms with Crippen LogP contribution in [0.5, 0.6) is 0 Å². The highest BCUT2D eigenvalue weighted by Gasteiger charge is 2.22. The summed E-state index contributed by atoms with van der Waals surface area (Å²) in [6.07, 6.45) is 4.73. The molecule has 8 heteroatoms. The highest BCUT2D eigenvalue weighted by atomic mass is 16.2. The standard InChI is InChI=1S/C22H24N6O2/c29-21(25-18-4-2-1-3-5-18)14-27-12-10-19(11-13-27)26-22(30)17-6-8-20(9-7-17)28-16-23-15-24-28/h1-9,15-16,19H,10-14H2,(H,25,29)(H,26,30). The van der Waals surface area contributed by atoms with Gasteiger partial charge in [0.25, 0.3) is 5.91 Å². The number of rotatable bonds is 6. The maximum absolute atomic E-state index is 12.5. The molecule has 1 aliphatic rings. The first-order valence-electron chi connectivity index (χ1n) is 10.0. The van der Waals surface area contributed by atoms with Crippen molar-refractivity contribution in [3.63, 3.8) is 0 Å². The van der Waals surface area contributed by atoms with Gasteiger partial charge in [-0.25, -0.2) is 9.67 Å². The van der Waals surface area contributed by atoms with E-state index in [9.17, 15) is 9.59 Å². The fourth-order valence-corrected chi connectivity index (χ4v) is 3.54. The number of carbonyl (C=O) groups is 2. The number of hydrogen-bond donors (Lipinski definition) is 2. The molecule has 0 spiro atoms. The number of amides is 2. The first-order chi connectivity index (χ1) is 14.7. The minimum atomic E-state index is -0.0830. The smallest absolute Gasteiger partial charge is 0.251 e. The number of carbonyl (C=O) groups excluding carboxylic acids is 2. The predicted octanol–water partition coefficient (Wildman–Crippen LogP) is 2.10. The minimum absolute atomic E-state index is 0.0174. The van der Waals surface area contributed by atoms with Crippen molar-refractivity contribution in [3.8, 4) is 5.69 Å². The Bertz CT molecular complexity index is 965. The molecular formula is C22H24N6O2. The van der Waals surface area contributed by atoms with Crippen LogP contribution < -0.4 is 10.6 Å². The maximum atomic E-state index is 12.5. The number of likely N-dealkylation sites (tertiary alicyclic amines) is 1. The van der Waals surface area contributed by atoms with Crippen molar-refractivity contribution < 1.29 is 9.59 Å². The first-order valence-corrected chi connectivity index (χ1v) is 10.0. The zero-order chi connectivity index (χ0) is 20.8. The van der Waals surface area contributed by atoms with E-state index in [1.807, 2.05) is 42.5 Å². The Labute approximate surface area is 174 Å². The number of piperidine rings is 1. The molecule has 1 saturated heterocycles. The lowest BCUT2D eigenvalue weighted by Crippen LogP contribution is -2.46. The van der Waals surface area contributed by atoms with Crippen molar-refractivity contribution in [3.05, 3.63) is 72.8 Å². The molecule has 1 aromatic heterocycles. The molecule has 0 unspecified atom stereocenters. The highest BCUT2D eigenvalue weighted by molar-refractivity contribution is 5.94. The summed E-state index contributed by atoms with van der Waals surface area (Å²) < 4.78 is 1.64. The van der Waals surface area contributed by atoms with Crippen LogP contribution in [0.4, 0.5) is 5.69 Å². The number of nitrogens with zero attached hydrogens (tertiary/aromatic N) is 4. The maximum Gasteiger partial charge on any atom is 0.251 e. The van der Waals surface area contributed by atoms with Crippen molar-refractivity contribution in [2.24, 2.45) is 0 Å². The molecule has 2 aromatic carbocycles. The Morgan fingerprint density at radius 2 is 1.73 bits per heavy atom. The van der Waals surface area contributed by atoms with Gasteiger partial charge in [0.05, 0.1) is 12.2 Å². The van der Waals surface area contributed by atoms with Gasteiger partial charge in [0.1, 0.15) is 12.7 Å². The molecule has 154 valence electrons. The Kier molecular flexibility index (Phi) is 6.14. The summed E-state index contributed by atoms with van der Waals surface area (Å²) in [5.41, 5.74) is 2.27. The minimum Gasteiger partial charge on any atom is -0.349 e. The Balaban J connectivity index is 1.22. The second kappa shape index (κ2) is 9.32. The Morgan fingerprint density at radius 3 is 2.40 bits per heavy atom. The SMILES string of the molecule is O=C(CN1CCC(NC(=O)c2ccc(-n3cncn3)cc2)CC1)Nc1ccccc1. The summed E-state index contributed by atoms with van der Waals surface area (Å²) in [4.78, 5) is 30.8. The molecule has 0 saturated carbocycles. The van der Waals surface area contributed by atoms with Crippen molar-refractivity contribution in [2.75, 3.05) is 25.0 Å². The molecule has 2 heterocycles. The summed E-state index contributed by atoms with van der Waals surface area (Å²) in [5, 5.41) is 10.1. The van der Waals surface area contributed by atoms with E-state index < -0.39 is 0 Å². The second-order valence-corrected chi connectivity index (χ2v) is 7.33. The molecule has 8 nitrogen and oxygen atoms in total. The first kappa shape index (κ1) is 19.8. The normalized spacial score (nSPS) is 14.9. The molecule has 0 radical (unpaired) electrons. The van der Waals surface area contributed by atoms with Gasteiger partial charge in [-0.1, -0.05) is 18.2 Å². The lowest BCUT2D eigenvalue weighted by atomic mass is 10.0. The Hall–Kier alpha value is -3.52. The number of aromatic nitrogens is 3. The average molecular weight is 404 g/mol. The van der Waals surface area contributed by atoms with Gasteiger partial charge < -0.3 is 10.6 Å². The molecule has 1 aliphatic heterocycles. The van der Waals surface area contributed by atoms with Crippen LogP contribution in [0.1, 0.15) is 23.2 Å². The molecule has 4 rings (SSSR count). The number of para-hydroxylation sites is 1. The van der Waals surface area contributed by atoms with Crippen molar-refractivity contribution in [2.45, 2.75) is 18.9 Å². The van der Waals surface area contributed by atoms with Gasteiger partial charge >= 0.3 is 0 Å². The number of nitrogens with one attached hydrogen (secondary N) is 2. The van der Waals surface area contributed by atoms with Crippen molar-refractivity contribution >= 4 is 17.5 Å². The quantitative estimate of drug-likeness (QED) is 0.656. The fraction of sp³-hybridized carbons (Fsp3) is 0.273. The van der Waals surface area contributed by atoms with Crippen LogP contribution in [0.2, 0.25) is 0 Å². The summed E-state index contributed by atoms with van der Waals surface area (Å²) in [5.74, 6) is -0.100. The van der Waals surface area contributed by atoms with Crippen molar-refractivity contribution in [1.29, 1.82) is 0 Å².